The van der Waals surface area contributed by atoms with Crippen LogP contribution in [0.3, 0.4) is 0 Å². The second kappa shape index (κ2) is 6.16. The number of carbonyl (C=O) groups excluding carboxylic acids is 1. The molecule has 0 rings (SSSR count). The molecule has 11 heavy (non-hydrogen) atoms. The van der Waals surface area contributed by atoms with Crippen LogP contribution in [-0.2, 0) is 9.53 Å². The van der Waals surface area contributed by atoms with Gasteiger partial charge in [-0.3, -0.25) is 4.79 Å². The Balaban J connectivity index is 3.47. The summed E-state index contributed by atoms with van der Waals surface area (Å²) < 4.78 is 4.86. The van der Waals surface area contributed by atoms with Crippen molar-refractivity contribution >= 4 is 5.97 Å². The van der Waals surface area contributed by atoms with Gasteiger partial charge in [0.1, 0.15) is 0 Å². The fourth-order valence-corrected chi connectivity index (χ4v) is 0.656. The average molecular weight is 160 g/mol. The van der Waals surface area contributed by atoms with E-state index in [-0.39, 0.29) is 18.5 Å². The third kappa shape index (κ3) is 4.79. The van der Waals surface area contributed by atoms with Gasteiger partial charge in [-0.1, -0.05) is 13.8 Å². The number of aliphatic hydroxyl groups excluding tert-OH is 1. The van der Waals surface area contributed by atoms with Crippen molar-refractivity contribution in [1.29, 1.82) is 0 Å². The highest BCUT2D eigenvalue weighted by molar-refractivity contribution is 5.71. The molecule has 66 valence electrons. The number of hydrogen-bond donors (Lipinski definition) is 1. The smallest absolute Gasteiger partial charge is 0.308 e. The lowest BCUT2D eigenvalue weighted by atomic mass is 10.1. The van der Waals surface area contributed by atoms with E-state index in [1.165, 1.54) is 0 Å². The molecule has 0 bridgehead atoms. The number of hydrogen-bond acceptors (Lipinski definition) is 3. The summed E-state index contributed by atoms with van der Waals surface area (Å²) in [6, 6.07) is 0. The molecular weight excluding hydrogens is 144 g/mol. The number of aliphatic hydroxyl groups is 1. The number of rotatable bonds is 5. The predicted molar refractivity (Wildman–Crippen MR) is 42.1 cm³/mol. The van der Waals surface area contributed by atoms with Crippen LogP contribution in [0.4, 0.5) is 0 Å². The van der Waals surface area contributed by atoms with Crippen molar-refractivity contribution in [2.24, 2.45) is 5.92 Å². The molecule has 0 fully saturated rings. The van der Waals surface area contributed by atoms with Gasteiger partial charge in [0, 0.05) is 6.61 Å². The molecule has 3 heteroatoms. The molecule has 1 atom stereocenters. The van der Waals surface area contributed by atoms with Crippen LogP contribution in [0.5, 0.6) is 0 Å². The van der Waals surface area contributed by atoms with Crippen molar-refractivity contribution in [2.75, 3.05) is 13.2 Å². The molecule has 0 aromatic rings. The first kappa shape index (κ1) is 10.4. The highest BCUT2D eigenvalue weighted by atomic mass is 16.5. The van der Waals surface area contributed by atoms with E-state index >= 15 is 0 Å². The molecular formula is C8H16O3. The van der Waals surface area contributed by atoms with E-state index in [0.29, 0.717) is 13.0 Å². The Labute approximate surface area is 67.4 Å². The third-order valence-electron chi connectivity index (χ3n) is 1.41. The van der Waals surface area contributed by atoms with Gasteiger partial charge in [0.25, 0.3) is 0 Å². The lowest BCUT2D eigenvalue weighted by Crippen LogP contribution is -2.16. The zero-order valence-corrected chi connectivity index (χ0v) is 7.17. The molecule has 0 aliphatic heterocycles. The molecule has 0 aliphatic rings. The van der Waals surface area contributed by atoms with Gasteiger partial charge in [0.2, 0.25) is 0 Å². The normalized spacial score (nSPS) is 12.6. The zero-order chi connectivity index (χ0) is 8.69. The molecule has 0 saturated carbocycles. The topological polar surface area (TPSA) is 46.5 Å². The van der Waals surface area contributed by atoms with E-state index in [2.05, 4.69) is 0 Å². The number of ether oxygens (including phenoxy) is 1. The van der Waals surface area contributed by atoms with Gasteiger partial charge < -0.3 is 9.84 Å². The molecule has 0 heterocycles. The standard InChI is InChI=1S/C8H16O3/c1-3-6-11-8(10)7(2)4-5-9/h7,9H,3-6H2,1-2H3. The van der Waals surface area contributed by atoms with E-state index in [4.69, 9.17) is 9.84 Å². The minimum Gasteiger partial charge on any atom is -0.465 e. The van der Waals surface area contributed by atoms with Crippen LogP contribution < -0.4 is 0 Å². The summed E-state index contributed by atoms with van der Waals surface area (Å²) in [6.07, 6.45) is 1.33. The molecule has 0 aliphatic carbocycles. The quantitative estimate of drug-likeness (QED) is 0.609. The van der Waals surface area contributed by atoms with Gasteiger partial charge in [-0.25, -0.2) is 0 Å². The van der Waals surface area contributed by atoms with Crippen LogP contribution in [0.2, 0.25) is 0 Å². The largest absolute Gasteiger partial charge is 0.465 e. The summed E-state index contributed by atoms with van der Waals surface area (Å²) in [4.78, 5) is 11.0. The Morgan fingerprint density at radius 3 is 2.73 bits per heavy atom. The van der Waals surface area contributed by atoms with Gasteiger partial charge in [-0.2, -0.15) is 0 Å². The highest BCUT2D eigenvalue weighted by Crippen LogP contribution is 2.03. The average Bonchev–Trinajstić information content (AvgIpc) is 2.00. The first-order valence-electron chi connectivity index (χ1n) is 3.99. The van der Waals surface area contributed by atoms with Crippen LogP contribution in [0.15, 0.2) is 0 Å². The lowest BCUT2D eigenvalue weighted by Gasteiger charge is -2.08. The Morgan fingerprint density at radius 1 is 1.64 bits per heavy atom. The minimum absolute atomic E-state index is 0.0440. The molecule has 0 aromatic carbocycles. The second-order valence-electron chi connectivity index (χ2n) is 2.58. The summed E-state index contributed by atoms with van der Waals surface area (Å²) in [7, 11) is 0. The van der Waals surface area contributed by atoms with Crippen LogP contribution >= 0.6 is 0 Å². The van der Waals surface area contributed by atoms with Crippen molar-refractivity contribution in [2.45, 2.75) is 26.7 Å². The second-order valence-corrected chi connectivity index (χ2v) is 2.58. The molecule has 0 amide bonds. The molecule has 3 nitrogen and oxygen atoms in total. The van der Waals surface area contributed by atoms with E-state index in [1.807, 2.05) is 6.92 Å². The fourth-order valence-electron chi connectivity index (χ4n) is 0.656. The Bertz CT molecular complexity index is 112. The summed E-state index contributed by atoms with van der Waals surface area (Å²) >= 11 is 0. The zero-order valence-electron chi connectivity index (χ0n) is 7.17. The van der Waals surface area contributed by atoms with Gasteiger partial charge >= 0.3 is 5.97 Å². The highest BCUT2D eigenvalue weighted by Gasteiger charge is 2.12. The van der Waals surface area contributed by atoms with Crippen LogP contribution in [0.25, 0.3) is 0 Å². The molecule has 0 spiro atoms. The van der Waals surface area contributed by atoms with Gasteiger partial charge in [0.05, 0.1) is 12.5 Å². The fraction of sp³-hybridized carbons (Fsp3) is 0.875. The number of carbonyl (C=O) groups is 1. The summed E-state index contributed by atoms with van der Waals surface area (Å²) in [6.45, 7) is 4.23. The Kier molecular flexibility index (Phi) is 5.84. The minimum atomic E-state index is -0.207. The predicted octanol–water partition coefficient (Wildman–Crippen LogP) is 0.958. The van der Waals surface area contributed by atoms with Crippen molar-refractivity contribution in [3.8, 4) is 0 Å². The molecule has 1 N–H and O–H groups in total. The summed E-state index contributed by atoms with van der Waals surface area (Å²) in [5.41, 5.74) is 0. The number of esters is 1. The molecule has 0 radical (unpaired) electrons. The monoisotopic (exact) mass is 160 g/mol. The molecule has 0 saturated heterocycles. The maximum Gasteiger partial charge on any atom is 0.308 e. The van der Waals surface area contributed by atoms with Crippen molar-refractivity contribution in [1.82, 2.24) is 0 Å². The maximum absolute atomic E-state index is 11.0. The molecule has 1 unspecified atom stereocenters. The Hall–Kier alpha value is -0.570. The third-order valence-corrected chi connectivity index (χ3v) is 1.41. The van der Waals surface area contributed by atoms with Crippen molar-refractivity contribution < 1.29 is 14.6 Å². The first-order chi connectivity index (χ1) is 5.22. The van der Waals surface area contributed by atoms with Gasteiger partial charge in [-0.05, 0) is 12.8 Å². The SMILES string of the molecule is CCCOC(=O)C(C)CCO. The van der Waals surface area contributed by atoms with E-state index in [0.717, 1.165) is 6.42 Å². The van der Waals surface area contributed by atoms with Crippen LogP contribution in [0, 0.1) is 5.92 Å². The summed E-state index contributed by atoms with van der Waals surface area (Å²) in [5, 5.41) is 8.50. The maximum atomic E-state index is 11.0. The first-order valence-corrected chi connectivity index (χ1v) is 3.99. The van der Waals surface area contributed by atoms with E-state index < -0.39 is 0 Å². The van der Waals surface area contributed by atoms with E-state index in [9.17, 15) is 4.79 Å². The van der Waals surface area contributed by atoms with E-state index in [1.54, 1.807) is 6.92 Å². The molecule has 0 aromatic heterocycles. The van der Waals surface area contributed by atoms with Crippen molar-refractivity contribution in [3.05, 3.63) is 0 Å². The van der Waals surface area contributed by atoms with Gasteiger partial charge in [0.15, 0.2) is 0 Å². The Morgan fingerprint density at radius 2 is 2.27 bits per heavy atom. The van der Waals surface area contributed by atoms with Crippen LogP contribution in [0.1, 0.15) is 26.7 Å². The van der Waals surface area contributed by atoms with Crippen LogP contribution in [-0.4, -0.2) is 24.3 Å². The van der Waals surface area contributed by atoms with Crippen molar-refractivity contribution in [3.63, 3.8) is 0 Å². The van der Waals surface area contributed by atoms with Gasteiger partial charge in [-0.15, -0.1) is 0 Å². The summed E-state index contributed by atoms with van der Waals surface area (Å²) in [5.74, 6) is -0.382. The lowest BCUT2D eigenvalue weighted by molar-refractivity contribution is -0.148.